The monoisotopic (exact) mass is 409 g/mol. The summed E-state index contributed by atoms with van der Waals surface area (Å²) in [4.78, 5) is 14.0. The van der Waals surface area contributed by atoms with E-state index in [1.165, 1.54) is 19.2 Å². The van der Waals surface area contributed by atoms with Crippen LogP contribution >= 0.6 is 9.24 Å². The Morgan fingerprint density at radius 3 is 2.43 bits per heavy atom. The maximum absolute atomic E-state index is 13.5. The van der Waals surface area contributed by atoms with Gasteiger partial charge in [0.1, 0.15) is 0 Å². The van der Waals surface area contributed by atoms with Crippen LogP contribution in [0.3, 0.4) is 0 Å². The third kappa shape index (κ3) is 3.67. The highest BCUT2D eigenvalue weighted by atomic mass is 31.0. The van der Waals surface area contributed by atoms with Crippen molar-refractivity contribution in [2.24, 2.45) is 7.05 Å². The molecule has 28 heavy (non-hydrogen) atoms. The van der Waals surface area contributed by atoms with Crippen molar-refractivity contribution in [3.8, 4) is 5.69 Å². The number of rotatable bonds is 4. The Morgan fingerprint density at radius 2 is 1.82 bits per heavy atom. The van der Waals surface area contributed by atoms with Crippen LogP contribution in [-0.4, -0.2) is 26.8 Å². The first-order valence-corrected chi connectivity index (χ1v) is 8.93. The zero-order valence-electron chi connectivity index (χ0n) is 15.5. The van der Waals surface area contributed by atoms with Gasteiger partial charge in [0.05, 0.1) is 16.9 Å². The van der Waals surface area contributed by atoms with Gasteiger partial charge in [-0.1, -0.05) is 30.3 Å². The molecule has 0 saturated carbocycles. The van der Waals surface area contributed by atoms with Crippen molar-refractivity contribution in [2.45, 2.75) is 19.6 Å². The van der Waals surface area contributed by atoms with Crippen LogP contribution < -0.4 is 15.9 Å². The number of tetrazole rings is 1. The van der Waals surface area contributed by atoms with Gasteiger partial charge in [-0.25, -0.2) is 4.79 Å². The predicted molar refractivity (Wildman–Crippen MR) is 104 cm³/mol. The van der Waals surface area contributed by atoms with Crippen LogP contribution in [-0.2, 0) is 19.8 Å². The topological polar surface area (TPSA) is 56.0 Å². The van der Waals surface area contributed by atoms with E-state index in [0.29, 0.717) is 11.4 Å². The van der Waals surface area contributed by atoms with Gasteiger partial charge in [0.2, 0.25) is 0 Å². The Labute approximate surface area is 161 Å². The van der Waals surface area contributed by atoms with Crippen molar-refractivity contribution in [3.63, 3.8) is 0 Å². The molecule has 148 valence electrons. The molecule has 1 aromatic heterocycles. The zero-order valence-corrected chi connectivity index (χ0v) is 16.7. The van der Waals surface area contributed by atoms with E-state index >= 15 is 0 Å². The fourth-order valence-electron chi connectivity index (χ4n) is 3.21. The van der Waals surface area contributed by atoms with Crippen molar-refractivity contribution in [3.05, 3.63) is 63.6 Å². The number of alkyl halides is 3. The van der Waals surface area contributed by atoms with Crippen LogP contribution in [0, 0.1) is 6.92 Å². The maximum atomic E-state index is 13.5. The lowest BCUT2D eigenvalue weighted by atomic mass is 10.1. The van der Waals surface area contributed by atoms with Gasteiger partial charge in [-0.15, -0.1) is 9.24 Å². The molecule has 0 aliphatic heterocycles. The van der Waals surface area contributed by atoms with Crippen molar-refractivity contribution in [1.29, 1.82) is 0 Å². The molecule has 1 atom stereocenters. The molecule has 0 fully saturated rings. The lowest BCUT2D eigenvalue weighted by molar-refractivity contribution is -0.137. The average Bonchev–Trinajstić information content (AvgIpc) is 2.92. The lowest BCUT2D eigenvalue weighted by Crippen LogP contribution is -2.27. The smallest absolute Gasteiger partial charge is 0.368 e. The quantitative estimate of drug-likeness (QED) is 0.622. The molecule has 0 aliphatic rings. The summed E-state index contributed by atoms with van der Waals surface area (Å²) in [5.41, 5.74) is 0.891. The Balaban J connectivity index is 2.09. The van der Waals surface area contributed by atoms with Crippen LogP contribution in [0.5, 0.6) is 0 Å². The van der Waals surface area contributed by atoms with E-state index in [0.717, 1.165) is 14.9 Å². The van der Waals surface area contributed by atoms with E-state index in [1.54, 1.807) is 30.1 Å². The summed E-state index contributed by atoms with van der Waals surface area (Å²) >= 11 is 0. The fraction of sp³-hybridized carbons (Fsp3) is 0.278. The number of nitrogens with zero attached hydrogens (tertiary/aromatic N) is 5. The van der Waals surface area contributed by atoms with Gasteiger partial charge in [-0.2, -0.15) is 22.5 Å². The summed E-state index contributed by atoms with van der Waals surface area (Å²) in [6, 6.07) is 9.73. The number of benzene rings is 2. The molecule has 0 bridgehead atoms. The summed E-state index contributed by atoms with van der Waals surface area (Å²) in [5.74, 6) is 0. The largest absolute Gasteiger partial charge is 0.417 e. The van der Waals surface area contributed by atoms with Crippen molar-refractivity contribution < 1.29 is 13.2 Å². The van der Waals surface area contributed by atoms with Gasteiger partial charge in [0, 0.05) is 20.6 Å². The van der Waals surface area contributed by atoms with E-state index in [4.69, 9.17) is 0 Å². The van der Waals surface area contributed by atoms with Gasteiger partial charge in [0.15, 0.2) is 0 Å². The first-order chi connectivity index (χ1) is 13.1. The van der Waals surface area contributed by atoms with Gasteiger partial charge < -0.3 is 4.90 Å². The van der Waals surface area contributed by atoms with Crippen molar-refractivity contribution in [2.75, 3.05) is 11.9 Å². The number of aromatic nitrogens is 4. The van der Waals surface area contributed by atoms with E-state index in [-0.39, 0.29) is 17.4 Å². The summed E-state index contributed by atoms with van der Waals surface area (Å²) in [6.07, 6.45) is -4.47. The van der Waals surface area contributed by atoms with Crippen LogP contribution in [0.2, 0.25) is 0 Å². The molecule has 1 heterocycles. The highest BCUT2D eigenvalue weighted by Crippen LogP contribution is 2.34. The number of para-hydroxylation sites is 1. The molecule has 0 aliphatic carbocycles. The molecule has 6 nitrogen and oxygen atoms in total. The second-order valence-electron chi connectivity index (χ2n) is 6.47. The molecular weight excluding hydrogens is 390 g/mol. The first-order valence-electron chi connectivity index (χ1n) is 8.36. The zero-order chi connectivity index (χ0) is 20.6. The molecule has 0 amide bonds. The van der Waals surface area contributed by atoms with E-state index in [9.17, 15) is 18.0 Å². The lowest BCUT2D eigenvalue weighted by Gasteiger charge is -2.26. The van der Waals surface area contributed by atoms with Crippen LogP contribution in [0.1, 0.15) is 16.7 Å². The third-order valence-electron chi connectivity index (χ3n) is 4.42. The van der Waals surface area contributed by atoms with Crippen LogP contribution in [0.15, 0.2) is 41.2 Å². The normalized spacial score (nSPS) is 11.7. The highest BCUT2D eigenvalue weighted by Gasteiger charge is 2.35. The third-order valence-corrected chi connectivity index (χ3v) is 4.90. The highest BCUT2D eigenvalue weighted by molar-refractivity contribution is 7.27. The van der Waals surface area contributed by atoms with Gasteiger partial charge >= 0.3 is 11.9 Å². The van der Waals surface area contributed by atoms with Crippen LogP contribution in [0.4, 0.5) is 18.9 Å². The van der Waals surface area contributed by atoms with E-state index < -0.39 is 17.4 Å². The molecule has 0 radical (unpaired) electrons. The van der Waals surface area contributed by atoms with E-state index in [1.807, 2.05) is 13.0 Å². The number of hydrogen-bond donors (Lipinski definition) is 0. The molecule has 2 aromatic carbocycles. The minimum atomic E-state index is -4.47. The summed E-state index contributed by atoms with van der Waals surface area (Å²) in [6.45, 7) is 1.83. The molecule has 3 rings (SSSR count). The standard InChI is InChI=1S/C18H19F3N5OP/c1-11-6-4-8-13(26-17(27)25(3)22-23-26)16(11)24(2)10-12-7-5-9-14(28)15(12)18(19,20)21/h4-9H,10,28H2,1-3H3. The van der Waals surface area contributed by atoms with Gasteiger partial charge in [-0.05, 0) is 39.8 Å². The van der Waals surface area contributed by atoms with E-state index in [2.05, 4.69) is 19.7 Å². The Hall–Kier alpha value is -2.67. The Morgan fingerprint density at radius 1 is 1.14 bits per heavy atom. The number of aryl methyl sites for hydroxylation is 2. The maximum Gasteiger partial charge on any atom is 0.417 e. The van der Waals surface area contributed by atoms with Crippen LogP contribution in [0.25, 0.3) is 5.69 Å². The molecule has 0 saturated heterocycles. The molecule has 10 heteroatoms. The van der Waals surface area contributed by atoms with Crippen molar-refractivity contribution >= 4 is 20.2 Å². The predicted octanol–water partition coefficient (Wildman–Crippen LogP) is 2.43. The fourth-order valence-corrected chi connectivity index (χ4v) is 3.67. The van der Waals surface area contributed by atoms with Gasteiger partial charge in [-0.3, -0.25) is 0 Å². The second kappa shape index (κ2) is 7.39. The number of halogens is 3. The first kappa shape index (κ1) is 20.1. The SMILES string of the molecule is Cc1cccc(-n2nnn(C)c2=O)c1N(C)Cc1cccc(P)c1C(F)(F)F. The molecule has 0 N–H and O–H groups in total. The minimum Gasteiger partial charge on any atom is -0.368 e. The molecular formula is C18H19F3N5OP. The Bertz CT molecular complexity index is 1070. The summed E-state index contributed by atoms with van der Waals surface area (Å²) < 4.78 is 42.9. The Kier molecular flexibility index (Phi) is 5.30. The summed E-state index contributed by atoms with van der Waals surface area (Å²) in [7, 11) is 5.30. The molecule has 3 aromatic rings. The minimum absolute atomic E-state index is 0.00392. The number of hydrogen-bond acceptors (Lipinski definition) is 4. The van der Waals surface area contributed by atoms with Gasteiger partial charge in [0.25, 0.3) is 0 Å². The molecule has 0 spiro atoms. The number of anilines is 1. The summed E-state index contributed by atoms with van der Waals surface area (Å²) in [5, 5.41) is 7.66. The van der Waals surface area contributed by atoms with Crippen molar-refractivity contribution in [1.82, 2.24) is 19.8 Å². The second-order valence-corrected chi connectivity index (χ2v) is 7.10. The molecule has 1 unspecified atom stereocenters. The average molecular weight is 409 g/mol.